The minimum absolute atomic E-state index is 0. The van der Waals surface area contributed by atoms with Crippen LogP contribution in [0.2, 0.25) is 0 Å². The lowest BCUT2D eigenvalue weighted by Crippen LogP contribution is -2.45. The largest absolute Gasteiger partial charge is 0.327 e. The van der Waals surface area contributed by atoms with Crippen molar-refractivity contribution in [3.63, 3.8) is 0 Å². The summed E-state index contributed by atoms with van der Waals surface area (Å²) in [5, 5.41) is 2.18. The van der Waals surface area contributed by atoms with E-state index in [1.54, 1.807) is 11.3 Å². The molecule has 0 radical (unpaired) electrons. The van der Waals surface area contributed by atoms with Gasteiger partial charge in [-0.25, -0.2) is 4.98 Å². The van der Waals surface area contributed by atoms with Gasteiger partial charge in [0.05, 0.1) is 11.2 Å². The van der Waals surface area contributed by atoms with Crippen LogP contribution in [0.3, 0.4) is 0 Å². The van der Waals surface area contributed by atoms with E-state index in [1.807, 2.05) is 5.51 Å². The molecule has 1 heterocycles. The van der Waals surface area contributed by atoms with E-state index >= 15 is 0 Å². The molecule has 1 saturated carbocycles. The molecule has 3 unspecified atom stereocenters. The van der Waals surface area contributed by atoms with Crippen molar-refractivity contribution in [2.75, 3.05) is 0 Å². The van der Waals surface area contributed by atoms with E-state index in [-0.39, 0.29) is 17.8 Å². The Balaban J connectivity index is 0.00000144. The highest BCUT2D eigenvalue weighted by Crippen LogP contribution is 2.42. The summed E-state index contributed by atoms with van der Waals surface area (Å²) in [6, 6.07) is 0.334. The number of rotatable bonds is 2. The highest BCUT2D eigenvalue weighted by atomic mass is 35.5. The molecule has 2 nitrogen and oxygen atoms in total. The fraction of sp³-hybridized carbons (Fsp3) is 0.769. The topological polar surface area (TPSA) is 38.9 Å². The minimum Gasteiger partial charge on any atom is -0.327 e. The molecule has 0 saturated heterocycles. The van der Waals surface area contributed by atoms with Gasteiger partial charge in [0.25, 0.3) is 0 Å². The first-order valence-electron chi connectivity index (χ1n) is 6.17. The predicted octanol–water partition coefficient (Wildman–Crippen LogP) is 3.61. The molecule has 2 rings (SSSR count). The Hall–Kier alpha value is -0.120. The standard InChI is InChI=1S/C13H22N2S.ClH/c1-9(2)10-4-5-13(3,6-11(10)14)12-7-16-8-15-12;/h7-11H,4-6,14H2,1-3H3;1H. The normalized spacial score (nSPS) is 33.5. The van der Waals surface area contributed by atoms with Gasteiger partial charge in [-0.05, 0) is 31.1 Å². The van der Waals surface area contributed by atoms with Crippen molar-refractivity contribution in [3.8, 4) is 0 Å². The molecule has 1 fully saturated rings. The van der Waals surface area contributed by atoms with Crippen LogP contribution in [0, 0.1) is 11.8 Å². The maximum atomic E-state index is 6.34. The summed E-state index contributed by atoms with van der Waals surface area (Å²) >= 11 is 1.69. The third-order valence-corrected chi connectivity index (χ3v) is 4.76. The molecule has 3 atom stereocenters. The molecule has 0 amide bonds. The van der Waals surface area contributed by atoms with Gasteiger partial charge in [0.1, 0.15) is 0 Å². The third kappa shape index (κ3) is 3.01. The Morgan fingerprint density at radius 2 is 2.24 bits per heavy atom. The highest BCUT2D eigenvalue weighted by molar-refractivity contribution is 7.07. The second-order valence-electron chi connectivity index (χ2n) is 5.75. The fourth-order valence-electron chi connectivity index (χ4n) is 3.04. The van der Waals surface area contributed by atoms with Gasteiger partial charge in [-0.1, -0.05) is 20.8 Å². The average Bonchev–Trinajstić information content (AvgIpc) is 2.69. The number of nitrogens with two attached hydrogens (primary N) is 1. The van der Waals surface area contributed by atoms with Crippen LogP contribution in [0.5, 0.6) is 0 Å². The number of thiazole rings is 1. The molecule has 1 aliphatic carbocycles. The maximum Gasteiger partial charge on any atom is 0.0794 e. The van der Waals surface area contributed by atoms with Crippen molar-refractivity contribution in [2.24, 2.45) is 17.6 Å². The van der Waals surface area contributed by atoms with Gasteiger partial charge in [0, 0.05) is 16.8 Å². The monoisotopic (exact) mass is 274 g/mol. The zero-order valence-corrected chi connectivity index (χ0v) is 12.5. The lowest BCUT2D eigenvalue weighted by atomic mass is 9.65. The van der Waals surface area contributed by atoms with Gasteiger partial charge < -0.3 is 5.73 Å². The van der Waals surface area contributed by atoms with E-state index in [4.69, 9.17) is 5.73 Å². The van der Waals surface area contributed by atoms with Crippen LogP contribution in [0.25, 0.3) is 0 Å². The quantitative estimate of drug-likeness (QED) is 0.895. The van der Waals surface area contributed by atoms with Crippen LogP contribution in [0.4, 0.5) is 0 Å². The van der Waals surface area contributed by atoms with Gasteiger partial charge in [-0.2, -0.15) is 0 Å². The van der Waals surface area contributed by atoms with Gasteiger partial charge in [0.15, 0.2) is 0 Å². The van der Waals surface area contributed by atoms with Crippen LogP contribution >= 0.6 is 23.7 Å². The van der Waals surface area contributed by atoms with Gasteiger partial charge in [-0.3, -0.25) is 0 Å². The van der Waals surface area contributed by atoms with E-state index in [0.29, 0.717) is 17.9 Å². The fourth-order valence-corrected chi connectivity index (χ4v) is 3.75. The molecule has 0 aromatic carbocycles. The Morgan fingerprint density at radius 1 is 1.53 bits per heavy atom. The number of aromatic nitrogens is 1. The molecule has 17 heavy (non-hydrogen) atoms. The minimum atomic E-state index is 0. The number of halogens is 1. The van der Waals surface area contributed by atoms with Gasteiger partial charge >= 0.3 is 0 Å². The smallest absolute Gasteiger partial charge is 0.0794 e. The zero-order valence-electron chi connectivity index (χ0n) is 10.8. The summed E-state index contributed by atoms with van der Waals surface area (Å²) < 4.78 is 0. The summed E-state index contributed by atoms with van der Waals surface area (Å²) in [5.41, 5.74) is 9.73. The van der Waals surface area contributed by atoms with Crippen molar-refractivity contribution in [2.45, 2.75) is 51.5 Å². The first kappa shape index (κ1) is 14.9. The molecule has 0 bridgehead atoms. The van der Waals surface area contributed by atoms with E-state index in [0.717, 1.165) is 6.42 Å². The summed E-state index contributed by atoms with van der Waals surface area (Å²) in [6.45, 7) is 6.89. The molecule has 98 valence electrons. The molecule has 1 aliphatic rings. The molecule has 1 aromatic heterocycles. The molecular weight excluding hydrogens is 252 g/mol. The van der Waals surface area contributed by atoms with Crippen molar-refractivity contribution in [1.82, 2.24) is 4.98 Å². The van der Waals surface area contributed by atoms with E-state index in [9.17, 15) is 0 Å². The summed E-state index contributed by atoms with van der Waals surface area (Å²) in [4.78, 5) is 4.48. The maximum absolute atomic E-state index is 6.34. The zero-order chi connectivity index (χ0) is 11.8. The van der Waals surface area contributed by atoms with Crippen LogP contribution in [-0.4, -0.2) is 11.0 Å². The van der Waals surface area contributed by atoms with Crippen molar-refractivity contribution in [1.29, 1.82) is 0 Å². The predicted molar refractivity (Wildman–Crippen MR) is 76.9 cm³/mol. The van der Waals surface area contributed by atoms with E-state index < -0.39 is 0 Å². The second kappa shape index (κ2) is 5.68. The second-order valence-corrected chi connectivity index (χ2v) is 6.47. The van der Waals surface area contributed by atoms with Crippen molar-refractivity contribution in [3.05, 3.63) is 16.6 Å². The van der Waals surface area contributed by atoms with Crippen molar-refractivity contribution < 1.29 is 0 Å². The summed E-state index contributed by atoms with van der Waals surface area (Å²) in [6.07, 6.45) is 3.56. The lowest BCUT2D eigenvalue weighted by molar-refractivity contribution is 0.171. The van der Waals surface area contributed by atoms with Crippen LogP contribution in [0.15, 0.2) is 10.9 Å². The van der Waals surface area contributed by atoms with Gasteiger partial charge in [0.2, 0.25) is 0 Å². The number of hydrogen-bond acceptors (Lipinski definition) is 3. The molecular formula is C13H23ClN2S. The summed E-state index contributed by atoms with van der Waals surface area (Å²) in [5.74, 6) is 1.39. The number of hydrogen-bond donors (Lipinski definition) is 1. The number of nitrogens with zero attached hydrogens (tertiary/aromatic N) is 1. The lowest BCUT2D eigenvalue weighted by Gasteiger charge is -2.42. The molecule has 1 aromatic rings. The molecule has 0 spiro atoms. The van der Waals surface area contributed by atoms with Crippen LogP contribution in [-0.2, 0) is 5.41 Å². The van der Waals surface area contributed by atoms with Crippen LogP contribution in [0.1, 0.15) is 45.7 Å². The Morgan fingerprint density at radius 3 is 2.71 bits per heavy atom. The SMILES string of the molecule is CC(C)C1CCC(C)(c2cscn2)CC1N.Cl. The first-order valence-corrected chi connectivity index (χ1v) is 7.11. The van der Waals surface area contributed by atoms with E-state index in [1.165, 1.54) is 18.5 Å². The van der Waals surface area contributed by atoms with E-state index in [2.05, 4.69) is 31.1 Å². The third-order valence-electron chi connectivity index (χ3n) is 4.17. The molecule has 4 heteroatoms. The Kier molecular flexibility index (Phi) is 4.99. The van der Waals surface area contributed by atoms with Gasteiger partial charge in [-0.15, -0.1) is 23.7 Å². The first-order chi connectivity index (χ1) is 7.53. The molecule has 2 N–H and O–H groups in total. The molecule has 0 aliphatic heterocycles. The Labute approximate surface area is 114 Å². The van der Waals surface area contributed by atoms with Crippen LogP contribution < -0.4 is 5.73 Å². The van der Waals surface area contributed by atoms with Crippen molar-refractivity contribution >= 4 is 23.7 Å². The average molecular weight is 275 g/mol. The highest BCUT2D eigenvalue weighted by Gasteiger charge is 2.39. The Bertz CT molecular complexity index is 339. The summed E-state index contributed by atoms with van der Waals surface area (Å²) in [7, 11) is 0.